The Kier molecular flexibility index (Phi) is 8.22. The Labute approximate surface area is 204 Å². The molecule has 1 unspecified atom stereocenters. The molecular weight excluding hydrogens is 494 g/mol. The molecule has 0 aliphatic carbocycles. The molecule has 2 aliphatic rings. The van der Waals surface area contributed by atoms with Gasteiger partial charge in [0, 0.05) is 29.2 Å². The number of benzene rings is 2. The van der Waals surface area contributed by atoms with Crippen molar-refractivity contribution in [2.75, 3.05) is 40.0 Å². The minimum atomic E-state index is -0.255. The van der Waals surface area contributed by atoms with Crippen molar-refractivity contribution in [2.45, 2.75) is 38.9 Å². The van der Waals surface area contributed by atoms with Gasteiger partial charge in [0.15, 0.2) is 17.8 Å². The van der Waals surface area contributed by atoms with Crippen molar-refractivity contribution >= 4 is 27.5 Å². The Morgan fingerprint density at radius 1 is 1.09 bits per heavy atom. The Morgan fingerprint density at radius 2 is 1.81 bits per heavy atom. The van der Waals surface area contributed by atoms with Crippen LogP contribution in [-0.2, 0) is 17.6 Å². The van der Waals surface area contributed by atoms with E-state index in [1.54, 1.807) is 7.11 Å². The second kappa shape index (κ2) is 11.1. The third-order valence-corrected chi connectivity index (χ3v) is 7.40. The van der Waals surface area contributed by atoms with Gasteiger partial charge >= 0.3 is 0 Å². The summed E-state index contributed by atoms with van der Waals surface area (Å²) in [6.45, 7) is 6.31. The van der Waals surface area contributed by atoms with Crippen LogP contribution in [-0.4, -0.2) is 51.1 Å². The second-order valence-electron chi connectivity index (χ2n) is 8.50. The van der Waals surface area contributed by atoms with Gasteiger partial charge in [-0.05, 0) is 87.0 Å². The molecule has 0 amide bonds. The molecule has 7 heteroatoms. The molecule has 1 fully saturated rings. The first-order chi connectivity index (χ1) is 15.5. The first kappa shape index (κ1) is 23.7. The first-order valence-electron chi connectivity index (χ1n) is 11.3. The fourth-order valence-corrected chi connectivity index (χ4v) is 4.98. The summed E-state index contributed by atoms with van der Waals surface area (Å²) in [4.78, 5) is 2.54. The average molecular weight is 525 g/mol. The second-order valence-corrected chi connectivity index (χ2v) is 9.76. The van der Waals surface area contributed by atoms with Crippen LogP contribution < -0.4 is 14.2 Å². The van der Waals surface area contributed by atoms with E-state index in [-0.39, 0.29) is 6.29 Å². The van der Waals surface area contributed by atoms with Gasteiger partial charge in [0.2, 0.25) is 0 Å². The van der Waals surface area contributed by atoms with Crippen LogP contribution in [0.4, 0.5) is 0 Å². The van der Waals surface area contributed by atoms with Gasteiger partial charge in [0.05, 0.1) is 0 Å². The largest absolute Gasteiger partial charge is 0.486 e. The maximum Gasteiger partial charge on any atom is 0.196 e. The lowest BCUT2D eigenvalue weighted by atomic mass is 9.90. The highest BCUT2D eigenvalue weighted by molar-refractivity contribution is 9.10. The summed E-state index contributed by atoms with van der Waals surface area (Å²) < 4.78 is 23.5. The van der Waals surface area contributed by atoms with Gasteiger partial charge < -0.3 is 23.8 Å². The molecule has 0 spiro atoms. The highest BCUT2D eigenvalue weighted by atomic mass is 79.9. The average Bonchev–Trinajstić information content (AvgIpc) is 2.80. The molecule has 1 saturated heterocycles. The fraction of sp³-hybridized carbons (Fsp3) is 0.520. The van der Waals surface area contributed by atoms with E-state index in [9.17, 15) is 0 Å². The molecular formula is C25H31BrClNO4. The topological polar surface area (TPSA) is 40.2 Å². The van der Waals surface area contributed by atoms with Crippen LogP contribution >= 0.6 is 27.5 Å². The van der Waals surface area contributed by atoms with E-state index < -0.39 is 0 Å². The molecule has 2 aliphatic heterocycles. The van der Waals surface area contributed by atoms with Crippen LogP contribution in [0.1, 0.15) is 30.9 Å². The Hall–Kier alpha value is -1.47. The van der Waals surface area contributed by atoms with Crippen LogP contribution in [0.15, 0.2) is 34.8 Å². The first-order valence-corrected chi connectivity index (χ1v) is 12.5. The van der Waals surface area contributed by atoms with E-state index in [0.29, 0.717) is 19.1 Å². The maximum atomic E-state index is 6.48. The van der Waals surface area contributed by atoms with Crippen LogP contribution in [0.2, 0.25) is 5.02 Å². The number of piperidine rings is 1. The summed E-state index contributed by atoms with van der Waals surface area (Å²) in [6, 6.07) is 10.1. The third kappa shape index (κ3) is 6.10. The van der Waals surface area contributed by atoms with Crippen molar-refractivity contribution in [1.29, 1.82) is 0 Å². The lowest BCUT2D eigenvalue weighted by Gasteiger charge is -2.32. The van der Waals surface area contributed by atoms with E-state index in [1.165, 1.54) is 18.4 Å². The molecule has 2 aromatic carbocycles. The molecule has 0 radical (unpaired) electrons. The van der Waals surface area contributed by atoms with Gasteiger partial charge in [-0.25, -0.2) is 0 Å². The van der Waals surface area contributed by atoms with Gasteiger partial charge in [-0.2, -0.15) is 0 Å². The molecule has 174 valence electrons. The van der Waals surface area contributed by atoms with Crippen LogP contribution in [0, 0.1) is 5.92 Å². The number of ether oxygens (including phenoxy) is 4. The van der Waals surface area contributed by atoms with E-state index in [1.807, 2.05) is 25.1 Å². The highest BCUT2D eigenvalue weighted by Gasteiger charge is 2.21. The Morgan fingerprint density at radius 3 is 2.53 bits per heavy atom. The molecule has 0 N–H and O–H groups in total. The molecule has 2 aromatic rings. The Bertz CT molecular complexity index is 917. The van der Waals surface area contributed by atoms with Gasteiger partial charge in [-0.1, -0.05) is 27.5 Å². The molecule has 5 nitrogen and oxygen atoms in total. The van der Waals surface area contributed by atoms with Crippen molar-refractivity contribution in [2.24, 2.45) is 5.92 Å². The number of methoxy groups -OCH3 is 1. The van der Waals surface area contributed by atoms with Crippen LogP contribution in [0.3, 0.4) is 0 Å². The maximum absolute atomic E-state index is 6.48. The minimum Gasteiger partial charge on any atom is -0.486 e. The molecule has 2 heterocycles. The molecule has 0 bridgehead atoms. The minimum absolute atomic E-state index is 0.255. The van der Waals surface area contributed by atoms with Gasteiger partial charge in [-0.15, -0.1) is 0 Å². The summed E-state index contributed by atoms with van der Waals surface area (Å²) in [7, 11) is 1.65. The van der Waals surface area contributed by atoms with Crippen molar-refractivity contribution in [1.82, 2.24) is 4.90 Å². The number of fused-ring (bicyclic) bond motifs is 1. The number of halogens is 2. The lowest BCUT2D eigenvalue weighted by Crippen LogP contribution is -2.35. The zero-order chi connectivity index (χ0) is 22.5. The number of nitrogens with zero attached hydrogens (tertiary/aromatic N) is 1. The molecule has 4 rings (SSSR count). The zero-order valence-corrected chi connectivity index (χ0v) is 21.1. The smallest absolute Gasteiger partial charge is 0.196 e. The SMILES string of the molecule is COC(C)Oc1ccc(Br)c(CC2CCN(CCc3cc4c(cc3Cl)OCCO4)CC2)c1. The van der Waals surface area contributed by atoms with Crippen molar-refractivity contribution in [3.63, 3.8) is 0 Å². The van der Waals surface area contributed by atoms with Crippen molar-refractivity contribution in [3.05, 3.63) is 51.0 Å². The fourth-order valence-electron chi connectivity index (χ4n) is 4.32. The molecule has 1 atom stereocenters. The molecule has 0 aromatic heterocycles. The molecule has 0 saturated carbocycles. The molecule has 32 heavy (non-hydrogen) atoms. The van der Waals surface area contributed by atoms with Crippen LogP contribution in [0.25, 0.3) is 0 Å². The Balaban J connectivity index is 1.27. The third-order valence-electron chi connectivity index (χ3n) is 6.28. The highest BCUT2D eigenvalue weighted by Crippen LogP contribution is 2.36. The van der Waals surface area contributed by atoms with Crippen LogP contribution in [0.5, 0.6) is 17.2 Å². The van der Waals surface area contributed by atoms with Gasteiger partial charge in [-0.3, -0.25) is 0 Å². The zero-order valence-electron chi connectivity index (χ0n) is 18.7. The van der Waals surface area contributed by atoms with E-state index in [4.69, 9.17) is 30.5 Å². The normalized spacial score (nSPS) is 17.9. The number of hydrogen-bond acceptors (Lipinski definition) is 5. The monoisotopic (exact) mass is 523 g/mol. The number of likely N-dealkylation sites (tertiary alicyclic amines) is 1. The van der Waals surface area contributed by atoms with Gasteiger partial charge in [0.1, 0.15) is 19.0 Å². The number of hydrogen-bond donors (Lipinski definition) is 0. The standard InChI is InChI=1S/C25H31BrClNO4/c1-17(29-2)32-21-3-4-22(26)20(14-21)13-18-5-8-28(9-6-18)10-7-19-15-24-25(16-23(19)27)31-12-11-30-24/h3-4,14-18H,5-13H2,1-2H3. The lowest BCUT2D eigenvalue weighted by molar-refractivity contribution is -0.0383. The predicted octanol–water partition coefficient (Wildman–Crippen LogP) is 5.74. The van der Waals surface area contributed by atoms with E-state index >= 15 is 0 Å². The number of rotatable bonds is 8. The van der Waals surface area contributed by atoms with Crippen molar-refractivity contribution in [3.8, 4) is 17.2 Å². The summed E-state index contributed by atoms with van der Waals surface area (Å²) in [5.74, 6) is 3.09. The summed E-state index contributed by atoms with van der Waals surface area (Å²) >= 11 is 10.2. The predicted molar refractivity (Wildman–Crippen MR) is 130 cm³/mol. The quantitative estimate of drug-likeness (QED) is 0.412. The van der Waals surface area contributed by atoms with Crippen molar-refractivity contribution < 1.29 is 18.9 Å². The van der Waals surface area contributed by atoms with Gasteiger partial charge in [0.25, 0.3) is 0 Å². The van der Waals surface area contributed by atoms with E-state index in [2.05, 4.69) is 33.0 Å². The summed E-state index contributed by atoms with van der Waals surface area (Å²) in [6.07, 6.45) is 4.11. The summed E-state index contributed by atoms with van der Waals surface area (Å²) in [5, 5.41) is 0.763. The van der Waals surface area contributed by atoms with E-state index in [0.717, 1.165) is 64.8 Å². The summed E-state index contributed by atoms with van der Waals surface area (Å²) in [5.41, 5.74) is 2.43.